The van der Waals surface area contributed by atoms with Crippen molar-refractivity contribution in [3.8, 4) is 11.6 Å². The normalized spacial score (nSPS) is 16.1. The van der Waals surface area contributed by atoms with Crippen LogP contribution in [-0.2, 0) is 0 Å². The van der Waals surface area contributed by atoms with E-state index in [9.17, 15) is 4.79 Å². The molecular formula is C25H29N7O2. The molecule has 1 aliphatic rings. The van der Waals surface area contributed by atoms with E-state index in [0.29, 0.717) is 42.8 Å². The number of nitrogens with zero attached hydrogens (tertiary/aromatic N) is 7. The summed E-state index contributed by atoms with van der Waals surface area (Å²) in [5.74, 6) is 1.01. The molecule has 0 N–H and O–H groups in total. The molecule has 1 unspecified atom stereocenters. The third kappa shape index (κ3) is 4.83. The molecule has 0 aliphatic carbocycles. The molecule has 34 heavy (non-hydrogen) atoms. The van der Waals surface area contributed by atoms with Gasteiger partial charge in [-0.1, -0.05) is 36.9 Å². The summed E-state index contributed by atoms with van der Waals surface area (Å²) in [7, 11) is 0. The zero-order valence-electron chi connectivity index (χ0n) is 19.6. The number of aryl methyl sites for hydroxylation is 1. The average Bonchev–Trinajstić information content (AvgIpc) is 3.31. The van der Waals surface area contributed by atoms with E-state index < -0.39 is 0 Å². The van der Waals surface area contributed by atoms with Gasteiger partial charge in [0.05, 0.1) is 29.2 Å². The smallest absolute Gasteiger partial charge is 0.256 e. The molecule has 0 spiro atoms. The Kier molecular flexibility index (Phi) is 7.01. The van der Waals surface area contributed by atoms with Crippen LogP contribution in [0.5, 0.6) is 5.88 Å². The van der Waals surface area contributed by atoms with Gasteiger partial charge in [0, 0.05) is 31.9 Å². The van der Waals surface area contributed by atoms with Crippen LogP contribution in [0.3, 0.4) is 0 Å². The Morgan fingerprint density at radius 1 is 1.21 bits per heavy atom. The summed E-state index contributed by atoms with van der Waals surface area (Å²) in [5, 5.41) is 8.44. The molecule has 4 rings (SSSR count). The Bertz CT molecular complexity index is 1180. The van der Waals surface area contributed by atoms with E-state index in [2.05, 4.69) is 45.1 Å². The lowest BCUT2D eigenvalue weighted by atomic mass is 10.1. The number of ether oxygens (including phenoxy) is 1. The number of amides is 1. The molecule has 176 valence electrons. The molecule has 1 amide bonds. The Balaban J connectivity index is 1.57. The lowest BCUT2D eigenvalue weighted by molar-refractivity contribution is 0.0704. The van der Waals surface area contributed by atoms with Crippen LogP contribution >= 0.6 is 0 Å². The van der Waals surface area contributed by atoms with Crippen LogP contribution in [0, 0.1) is 6.92 Å². The second-order valence-electron chi connectivity index (χ2n) is 8.20. The van der Waals surface area contributed by atoms with Crippen LogP contribution < -0.4 is 9.64 Å². The standard InChI is InChI=1S/C25H29N7O2/c1-5-15-34-23-20(6-2)17-26-25(29-23)30-12-9-19(4)31(14-13-30)24(33)21-16-18(3)7-8-22(21)32-27-10-11-28-32/h5-8,10-11,16-17,19H,1-2,9,12-15H2,3-4H3. The van der Waals surface area contributed by atoms with Gasteiger partial charge in [-0.25, -0.2) is 4.98 Å². The summed E-state index contributed by atoms with van der Waals surface area (Å²) in [5.41, 5.74) is 2.99. The van der Waals surface area contributed by atoms with Crippen LogP contribution in [0.25, 0.3) is 11.8 Å². The van der Waals surface area contributed by atoms with E-state index in [4.69, 9.17) is 4.74 Å². The van der Waals surface area contributed by atoms with Gasteiger partial charge < -0.3 is 14.5 Å². The van der Waals surface area contributed by atoms with Crippen molar-refractivity contribution in [1.82, 2.24) is 29.9 Å². The highest BCUT2D eigenvalue weighted by molar-refractivity contribution is 5.98. The number of hydrogen-bond acceptors (Lipinski definition) is 7. The molecule has 0 radical (unpaired) electrons. The number of aromatic nitrogens is 5. The molecular weight excluding hydrogens is 430 g/mol. The van der Waals surface area contributed by atoms with Gasteiger partial charge in [0.15, 0.2) is 0 Å². The lowest BCUT2D eigenvalue weighted by Crippen LogP contribution is -2.40. The SMILES string of the molecule is C=CCOc1nc(N2CCC(C)N(C(=O)c3cc(C)ccc3-n3nccn3)CC2)ncc1C=C. The Morgan fingerprint density at radius 3 is 2.74 bits per heavy atom. The first-order chi connectivity index (χ1) is 16.5. The molecule has 1 aliphatic heterocycles. The van der Waals surface area contributed by atoms with Crippen LogP contribution in [0.1, 0.15) is 34.8 Å². The fourth-order valence-electron chi connectivity index (χ4n) is 3.96. The molecule has 3 aromatic rings. The van der Waals surface area contributed by atoms with E-state index in [-0.39, 0.29) is 11.9 Å². The molecule has 9 heteroatoms. The quantitative estimate of drug-likeness (QED) is 0.501. The van der Waals surface area contributed by atoms with E-state index in [0.717, 1.165) is 24.1 Å². The maximum absolute atomic E-state index is 13.7. The summed E-state index contributed by atoms with van der Waals surface area (Å²) in [6.07, 6.45) is 9.03. The van der Waals surface area contributed by atoms with Crippen molar-refractivity contribution in [1.29, 1.82) is 0 Å². The van der Waals surface area contributed by atoms with Gasteiger partial charge in [0.2, 0.25) is 11.8 Å². The maximum Gasteiger partial charge on any atom is 0.256 e. The molecule has 1 atom stereocenters. The Labute approximate surface area is 199 Å². The van der Waals surface area contributed by atoms with Crippen molar-refractivity contribution in [2.75, 3.05) is 31.1 Å². The van der Waals surface area contributed by atoms with Gasteiger partial charge in [-0.3, -0.25) is 4.79 Å². The van der Waals surface area contributed by atoms with Crippen LogP contribution in [0.2, 0.25) is 0 Å². The first-order valence-corrected chi connectivity index (χ1v) is 11.3. The van der Waals surface area contributed by atoms with Crippen molar-refractivity contribution in [2.24, 2.45) is 0 Å². The summed E-state index contributed by atoms with van der Waals surface area (Å²) < 4.78 is 5.69. The average molecular weight is 460 g/mol. The monoisotopic (exact) mass is 459 g/mol. The molecule has 1 saturated heterocycles. The molecule has 0 bridgehead atoms. The van der Waals surface area contributed by atoms with Gasteiger partial charge in [-0.2, -0.15) is 20.0 Å². The second kappa shape index (κ2) is 10.3. The fourth-order valence-corrected chi connectivity index (χ4v) is 3.96. The first kappa shape index (κ1) is 23.2. The van der Waals surface area contributed by atoms with Gasteiger partial charge in [-0.05, 0) is 32.4 Å². The van der Waals surface area contributed by atoms with Crippen molar-refractivity contribution < 1.29 is 9.53 Å². The van der Waals surface area contributed by atoms with Crippen molar-refractivity contribution in [3.05, 3.63) is 72.7 Å². The number of rotatable bonds is 7. The molecule has 1 fully saturated rings. The highest BCUT2D eigenvalue weighted by atomic mass is 16.5. The predicted molar refractivity (Wildman–Crippen MR) is 131 cm³/mol. The number of benzene rings is 1. The predicted octanol–water partition coefficient (Wildman–Crippen LogP) is 3.31. The topological polar surface area (TPSA) is 89.3 Å². The molecule has 0 saturated carbocycles. The Hall–Kier alpha value is -4.01. The first-order valence-electron chi connectivity index (χ1n) is 11.3. The highest BCUT2D eigenvalue weighted by Gasteiger charge is 2.29. The largest absolute Gasteiger partial charge is 0.473 e. The number of carbonyl (C=O) groups excluding carboxylic acids is 1. The Morgan fingerprint density at radius 2 is 2.00 bits per heavy atom. The van der Waals surface area contributed by atoms with E-state index in [1.165, 1.54) is 4.80 Å². The summed E-state index contributed by atoms with van der Waals surface area (Å²) in [4.78, 5) is 28.3. The van der Waals surface area contributed by atoms with Crippen LogP contribution in [0.4, 0.5) is 5.95 Å². The van der Waals surface area contributed by atoms with Crippen molar-refractivity contribution in [2.45, 2.75) is 26.3 Å². The maximum atomic E-state index is 13.7. The van der Waals surface area contributed by atoms with E-state index >= 15 is 0 Å². The van der Waals surface area contributed by atoms with Gasteiger partial charge in [0.25, 0.3) is 5.91 Å². The number of hydrogen-bond donors (Lipinski definition) is 0. The minimum atomic E-state index is -0.0386. The van der Waals surface area contributed by atoms with Gasteiger partial charge in [0.1, 0.15) is 6.61 Å². The van der Waals surface area contributed by atoms with Crippen molar-refractivity contribution in [3.63, 3.8) is 0 Å². The molecule has 9 nitrogen and oxygen atoms in total. The number of carbonyl (C=O) groups is 1. The fraction of sp³-hybridized carbons (Fsp3) is 0.320. The minimum Gasteiger partial charge on any atom is -0.473 e. The third-order valence-corrected chi connectivity index (χ3v) is 5.85. The molecule has 1 aromatic carbocycles. The lowest BCUT2D eigenvalue weighted by Gasteiger charge is -2.27. The van der Waals surface area contributed by atoms with Gasteiger partial charge in [-0.15, -0.1) is 0 Å². The molecule has 2 aromatic heterocycles. The van der Waals surface area contributed by atoms with Crippen molar-refractivity contribution >= 4 is 17.9 Å². The molecule has 3 heterocycles. The minimum absolute atomic E-state index is 0.0386. The van der Waals surface area contributed by atoms with E-state index in [1.807, 2.05) is 30.0 Å². The zero-order valence-corrected chi connectivity index (χ0v) is 19.6. The van der Waals surface area contributed by atoms with Crippen LogP contribution in [0.15, 0.2) is 56.0 Å². The van der Waals surface area contributed by atoms with Gasteiger partial charge >= 0.3 is 0 Å². The van der Waals surface area contributed by atoms with Crippen LogP contribution in [-0.4, -0.2) is 68.1 Å². The summed E-state index contributed by atoms with van der Waals surface area (Å²) in [6, 6.07) is 5.79. The third-order valence-electron chi connectivity index (χ3n) is 5.85. The summed E-state index contributed by atoms with van der Waals surface area (Å²) >= 11 is 0. The second-order valence-corrected chi connectivity index (χ2v) is 8.20. The summed E-state index contributed by atoms with van der Waals surface area (Å²) in [6.45, 7) is 13.7. The number of anilines is 1. The highest BCUT2D eigenvalue weighted by Crippen LogP contribution is 2.24. The zero-order chi connectivity index (χ0) is 24.1. The van der Waals surface area contributed by atoms with E-state index in [1.54, 1.807) is 30.7 Å².